The van der Waals surface area contributed by atoms with E-state index in [1.54, 1.807) is 34.6 Å². The molecule has 5 heterocycles. The van der Waals surface area contributed by atoms with E-state index in [1.165, 1.54) is 14.2 Å². The van der Waals surface area contributed by atoms with Gasteiger partial charge in [-0.3, -0.25) is 9.59 Å². The van der Waals surface area contributed by atoms with E-state index in [0.717, 1.165) is 5.57 Å². The first-order valence-electron chi connectivity index (χ1n) is 17.5. The van der Waals surface area contributed by atoms with E-state index in [4.69, 9.17) is 48.4 Å². The number of oxime groups is 1. The minimum Gasteiger partial charge on any atom is -0.463 e. The van der Waals surface area contributed by atoms with Crippen LogP contribution in [0.25, 0.3) is 0 Å². The molecule has 15 atom stereocenters. The van der Waals surface area contributed by atoms with E-state index in [-0.39, 0.29) is 24.7 Å². The van der Waals surface area contributed by atoms with Crippen molar-refractivity contribution < 1.29 is 57.4 Å². The van der Waals surface area contributed by atoms with Gasteiger partial charge in [-0.2, -0.15) is 0 Å². The van der Waals surface area contributed by atoms with E-state index < -0.39 is 89.9 Å². The Morgan fingerprint density at radius 3 is 2.35 bits per heavy atom. The number of cyclic esters (lactones) is 1. The number of rotatable bonds is 5. The summed E-state index contributed by atoms with van der Waals surface area (Å²) in [4.78, 5) is 28.5. The summed E-state index contributed by atoms with van der Waals surface area (Å²) in [5.41, 5.74) is 5.26. The Morgan fingerprint density at radius 2 is 1.73 bits per heavy atom. The quantitative estimate of drug-likeness (QED) is 0.243. The molecule has 5 aliphatic heterocycles. The van der Waals surface area contributed by atoms with Crippen LogP contribution < -0.4 is 5.73 Å². The topological polar surface area (TPSA) is 176 Å². The second-order valence-corrected chi connectivity index (χ2v) is 14.9. The zero-order valence-electron chi connectivity index (χ0n) is 30.7. The molecule has 0 aromatic rings. The Hall–Kier alpha value is -2.17. The van der Waals surface area contributed by atoms with Crippen LogP contribution in [0, 0.1) is 17.8 Å². The number of methoxy groups -OCH3 is 2. The van der Waals surface area contributed by atoms with E-state index in [2.05, 4.69) is 5.16 Å². The predicted octanol–water partition coefficient (Wildman–Crippen LogP) is 3.60. The molecular weight excluding hydrogens is 640 g/mol. The minimum absolute atomic E-state index is 0.165. The highest BCUT2D eigenvalue weighted by Gasteiger charge is 2.62. The number of esters is 1. The summed E-state index contributed by atoms with van der Waals surface area (Å²) in [6.45, 7) is 16.2. The van der Waals surface area contributed by atoms with Crippen LogP contribution in [-0.2, 0) is 52.2 Å². The van der Waals surface area contributed by atoms with Crippen LogP contribution in [0.2, 0.25) is 0 Å². The van der Waals surface area contributed by atoms with Crippen molar-refractivity contribution in [1.82, 2.24) is 0 Å². The Balaban J connectivity index is 1.62. The minimum atomic E-state index is -1.49. The molecule has 4 fully saturated rings. The number of nitrogens with zero attached hydrogens (tertiary/aromatic N) is 1. The number of allylic oxidation sites excluding steroid dienone is 1. The molecule has 4 saturated heterocycles. The van der Waals surface area contributed by atoms with Gasteiger partial charge < -0.3 is 53.6 Å². The molecule has 49 heavy (non-hydrogen) atoms. The van der Waals surface area contributed by atoms with Crippen molar-refractivity contribution >= 4 is 17.5 Å². The molecule has 8 unspecified atom stereocenters. The lowest BCUT2D eigenvalue weighted by atomic mass is 9.81. The number of ketones is 1. The van der Waals surface area contributed by atoms with E-state index in [1.807, 2.05) is 27.7 Å². The molecule has 14 heteroatoms. The maximum atomic E-state index is 14.3. The van der Waals surface area contributed by atoms with Gasteiger partial charge in [-0.25, -0.2) is 0 Å². The molecule has 5 rings (SSSR count). The fraction of sp³-hybridized carbons (Fsp3) is 0.857. The Morgan fingerprint density at radius 1 is 1.04 bits per heavy atom. The van der Waals surface area contributed by atoms with Crippen molar-refractivity contribution in [2.75, 3.05) is 14.2 Å². The van der Waals surface area contributed by atoms with Gasteiger partial charge in [0.1, 0.15) is 41.5 Å². The van der Waals surface area contributed by atoms with Crippen LogP contribution in [0.3, 0.4) is 0 Å². The van der Waals surface area contributed by atoms with Crippen LogP contribution in [0.15, 0.2) is 16.5 Å². The highest BCUT2D eigenvalue weighted by atomic mass is 16.8. The highest BCUT2D eigenvalue weighted by molar-refractivity contribution is 5.96. The maximum absolute atomic E-state index is 14.3. The SMILES string of the molecule is CCC1OC(=O)C(C)C(O[C@H]2C[C@@](C)(OC)/C(=N/O)C(C)O2)C(C)[C@H]2OC3OC(C)CC(N)[C@H]3O[C@]23CC(C)=C(O3)[C@H](C)C(=O)[C@]1(C)OC. The number of fused-ring (bicyclic) bond motifs is 2. The zero-order valence-corrected chi connectivity index (χ0v) is 30.7. The second kappa shape index (κ2) is 14.1. The van der Waals surface area contributed by atoms with Crippen LogP contribution in [-0.4, -0.2) is 109 Å². The lowest BCUT2D eigenvalue weighted by Crippen LogP contribution is -2.68. The average Bonchev–Trinajstić information content (AvgIpc) is 3.39. The number of ether oxygens (including phenoxy) is 9. The third kappa shape index (κ3) is 6.56. The molecule has 0 saturated carbocycles. The van der Waals surface area contributed by atoms with Crippen LogP contribution in [0.1, 0.15) is 88.0 Å². The second-order valence-electron chi connectivity index (χ2n) is 14.9. The summed E-state index contributed by atoms with van der Waals surface area (Å²) >= 11 is 0. The van der Waals surface area contributed by atoms with Crippen LogP contribution in [0.5, 0.6) is 0 Å². The number of carbonyl (C=O) groups is 2. The van der Waals surface area contributed by atoms with E-state index in [0.29, 0.717) is 24.3 Å². The average molecular weight is 697 g/mol. The van der Waals surface area contributed by atoms with Gasteiger partial charge in [0.05, 0.1) is 24.0 Å². The van der Waals surface area contributed by atoms with Gasteiger partial charge in [-0.1, -0.05) is 19.0 Å². The summed E-state index contributed by atoms with van der Waals surface area (Å²) in [5, 5.41) is 13.2. The van der Waals surface area contributed by atoms with Crippen molar-refractivity contribution in [2.24, 2.45) is 28.6 Å². The summed E-state index contributed by atoms with van der Waals surface area (Å²) in [6, 6.07) is -0.398. The van der Waals surface area contributed by atoms with Gasteiger partial charge in [0, 0.05) is 39.0 Å². The fourth-order valence-electron chi connectivity index (χ4n) is 8.45. The lowest BCUT2D eigenvalue weighted by molar-refractivity contribution is -0.416. The summed E-state index contributed by atoms with van der Waals surface area (Å²) in [7, 11) is 2.96. The van der Waals surface area contributed by atoms with Crippen molar-refractivity contribution in [2.45, 2.75) is 160 Å². The normalized spacial score (nSPS) is 48.9. The number of hydrogen-bond acceptors (Lipinski definition) is 14. The van der Waals surface area contributed by atoms with Gasteiger partial charge in [0.25, 0.3) is 0 Å². The Bertz CT molecular complexity index is 1330. The molecule has 3 N–H and O–H groups in total. The smallest absolute Gasteiger partial charge is 0.311 e. The Kier molecular flexibility index (Phi) is 11.0. The monoisotopic (exact) mass is 696 g/mol. The van der Waals surface area contributed by atoms with E-state index >= 15 is 0 Å². The van der Waals surface area contributed by atoms with Gasteiger partial charge in [-0.15, -0.1) is 0 Å². The fourth-order valence-corrected chi connectivity index (χ4v) is 8.45. The first kappa shape index (κ1) is 38.1. The molecular formula is C35H56N2O12. The molecule has 2 bridgehead atoms. The molecule has 1 spiro atoms. The van der Waals surface area contributed by atoms with Crippen molar-refractivity contribution in [3.05, 3.63) is 11.3 Å². The molecule has 14 nitrogen and oxygen atoms in total. The molecule has 0 aromatic carbocycles. The molecule has 0 aromatic heterocycles. The van der Waals surface area contributed by atoms with Gasteiger partial charge >= 0.3 is 5.97 Å². The summed E-state index contributed by atoms with van der Waals surface area (Å²) < 4.78 is 57.5. The van der Waals surface area contributed by atoms with Crippen molar-refractivity contribution in [3.63, 3.8) is 0 Å². The van der Waals surface area contributed by atoms with Gasteiger partial charge in [-0.05, 0) is 66.9 Å². The van der Waals surface area contributed by atoms with Crippen LogP contribution in [0.4, 0.5) is 0 Å². The number of hydrogen-bond donors (Lipinski definition) is 2. The molecule has 278 valence electrons. The Labute approximate surface area is 289 Å². The van der Waals surface area contributed by atoms with Gasteiger partial charge in [0.2, 0.25) is 5.79 Å². The van der Waals surface area contributed by atoms with Crippen molar-refractivity contribution in [1.29, 1.82) is 0 Å². The predicted molar refractivity (Wildman–Crippen MR) is 174 cm³/mol. The molecule has 0 radical (unpaired) electrons. The summed E-state index contributed by atoms with van der Waals surface area (Å²) in [5.74, 6) is -4.11. The molecule has 0 aliphatic carbocycles. The molecule has 5 aliphatic rings. The first-order valence-corrected chi connectivity index (χ1v) is 17.5. The first-order chi connectivity index (χ1) is 23.0. The number of carbonyl (C=O) groups excluding carboxylic acids is 2. The highest BCUT2D eigenvalue weighted by Crippen LogP contribution is 2.51. The lowest BCUT2D eigenvalue weighted by Gasteiger charge is -2.53. The standard InChI is InChI=1S/C35H56N2O12/c1-12-23-34(9,42-11)29(38)18(4)25-16(2)14-35(48-25)30(47-32-27(49-35)22(36)13-17(3)43-32)19(5)26(20(6)31(39)45-23)46-24-15-33(8,41-10)28(37-40)21(7)44-24/h17-24,26-27,30,32,40H,12-15,36H2,1-11H3/b37-28+/t17?,18-,19?,20?,21?,22?,23?,24-,26?,27+,30+,32?,33+,34+,35+/m0/s1. The van der Waals surface area contributed by atoms with Crippen molar-refractivity contribution in [3.8, 4) is 0 Å². The largest absolute Gasteiger partial charge is 0.463 e. The number of Topliss-reactive ketones (excluding diaryl/α,β-unsaturated/α-hetero) is 1. The maximum Gasteiger partial charge on any atom is 0.311 e. The third-order valence-electron chi connectivity index (χ3n) is 11.4. The zero-order chi connectivity index (χ0) is 36.2. The van der Waals surface area contributed by atoms with E-state index in [9.17, 15) is 14.8 Å². The molecule has 0 amide bonds. The van der Waals surface area contributed by atoms with Crippen LogP contribution >= 0.6 is 0 Å². The summed E-state index contributed by atoms with van der Waals surface area (Å²) in [6.07, 6.45) is -4.53. The number of nitrogens with two attached hydrogens (primary N) is 1. The third-order valence-corrected chi connectivity index (χ3v) is 11.4. The van der Waals surface area contributed by atoms with Gasteiger partial charge in [0.15, 0.2) is 24.0 Å².